The van der Waals surface area contributed by atoms with Crippen molar-refractivity contribution in [1.82, 2.24) is 10.6 Å². The Kier molecular flexibility index (Phi) is 4.89. The van der Waals surface area contributed by atoms with Crippen LogP contribution >= 0.6 is 0 Å². The molecule has 0 spiro atoms. The van der Waals surface area contributed by atoms with Crippen LogP contribution < -0.4 is 10.6 Å². The molecule has 0 heterocycles. The Hall–Kier alpha value is -1.26. The van der Waals surface area contributed by atoms with E-state index in [0.717, 1.165) is 31.6 Å². The van der Waals surface area contributed by atoms with Crippen molar-refractivity contribution in [2.45, 2.75) is 63.8 Å². The van der Waals surface area contributed by atoms with Crippen molar-refractivity contribution in [3.63, 3.8) is 0 Å². The summed E-state index contributed by atoms with van der Waals surface area (Å²) >= 11 is 0. The molecule has 3 N–H and O–H groups in total. The van der Waals surface area contributed by atoms with Crippen LogP contribution in [-0.4, -0.2) is 29.2 Å². The fourth-order valence-corrected chi connectivity index (χ4v) is 3.72. The van der Waals surface area contributed by atoms with Gasteiger partial charge in [0.1, 0.15) is 0 Å². The van der Waals surface area contributed by atoms with Gasteiger partial charge in [-0.2, -0.15) is 0 Å². The van der Waals surface area contributed by atoms with Crippen molar-refractivity contribution in [3.05, 3.63) is 0 Å². The van der Waals surface area contributed by atoms with Crippen LogP contribution in [0.3, 0.4) is 0 Å². The molecule has 20 heavy (non-hydrogen) atoms. The number of hydrogen-bond acceptors (Lipinski definition) is 2. The number of carbonyl (C=O) groups excluding carboxylic acids is 1. The van der Waals surface area contributed by atoms with Crippen LogP contribution in [0.5, 0.6) is 0 Å². The predicted octanol–water partition coefficient (Wildman–Crippen LogP) is 2.51. The minimum Gasteiger partial charge on any atom is -0.481 e. The minimum absolute atomic E-state index is 0.0287. The molecule has 5 nitrogen and oxygen atoms in total. The SMILES string of the molecule is CC1CCC(CNC(=O)NC2(CC(=O)O)CCCC2)C1. The molecule has 5 heteroatoms. The second-order valence-electron chi connectivity index (χ2n) is 6.68. The number of nitrogens with one attached hydrogen (secondary N) is 2. The van der Waals surface area contributed by atoms with Gasteiger partial charge in [-0.05, 0) is 37.5 Å². The third-order valence-electron chi connectivity index (χ3n) is 4.78. The van der Waals surface area contributed by atoms with Gasteiger partial charge in [-0.3, -0.25) is 4.79 Å². The Bertz CT molecular complexity index is 364. The van der Waals surface area contributed by atoms with Gasteiger partial charge < -0.3 is 15.7 Å². The van der Waals surface area contributed by atoms with E-state index in [1.165, 1.54) is 19.3 Å². The van der Waals surface area contributed by atoms with Crippen LogP contribution in [0.2, 0.25) is 0 Å². The largest absolute Gasteiger partial charge is 0.481 e. The zero-order valence-electron chi connectivity index (χ0n) is 12.3. The first-order valence-electron chi connectivity index (χ1n) is 7.77. The van der Waals surface area contributed by atoms with E-state index >= 15 is 0 Å². The highest BCUT2D eigenvalue weighted by Gasteiger charge is 2.37. The zero-order chi connectivity index (χ0) is 14.6. The van der Waals surface area contributed by atoms with Crippen molar-refractivity contribution in [3.8, 4) is 0 Å². The average molecular weight is 282 g/mol. The van der Waals surface area contributed by atoms with E-state index in [9.17, 15) is 9.59 Å². The summed E-state index contributed by atoms with van der Waals surface area (Å²) in [7, 11) is 0. The maximum absolute atomic E-state index is 12.0. The zero-order valence-corrected chi connectivity index (χ0v) is 12.3. The lowest BCUT2D eigenvalue weighted by Crippen LogP contribution is -2.52. The molecule has 0 aromatic rings. The monoisotopic (exact) mass is 282 g/mol. The predicted molar refractivity (Wildman–Crippen MR) is 76.5 cm³/mol. The molecule has 2 aliphatic carbocycles. The van der Waals surface area contributed by atoms with Crippen LogP contribution in [0.25, 0.3) is 0 Å². The van der Waals surface area contributed by atoms with Gasteiger partial charge in [0.2, 0.25) is 0 Å². The van der Waals surface area contributed by atoms with Crippen molar-refractivity contribution >= 4 is 12.0 Å². The van der Waals surface area contributed by atoms with Crippen molar-refractivity contribution in [1.29, 1.82) is 0 Å². The van der Waals surface area contributed by atoms with Crippen molar-refractivity contribution < 1.29 is 14.7 Å². The molecule has 0 radical (unpaired) electrons. The summed E-state index contributed by atoms with van der Waals surface area (Å²) < 4.78 is 0. The number of carboxylic acid groups (broad SMARTS) is 1. The van der Waals surface area contributed by atoms with Gasteiger partial charge in [0.15, 0.2) is 0 Å². The molecule has 2 saturated carbocycles. The lowest BCUT2D eigenvalue weighted by Gasteiger charge is -2.29. The van der Waals surface area contributed by atoms with E-state index in [1.807, 2.05) is 0 Å². The minimum atomic E-state index is -0.836. The Labute approximate surface area is 120 Å². The lowest BCUT2D eigenvalue weighted by molar-refractivity contribution is -0.138. The summed E-state index contributed by atoms with van der Waals surface area (Å²) in [4.78, 5) is 23.0. The number of amides is 2. The number of hydrogen-bond donors (Lipinski definition) is 3. The average Bonchev–Trinajstić information content (AvgIpc) is 2.95. The Morgan fingerprint density at radius 1 is 1.25 bits per heavy atom. The van der Waals surface area contributed by atoms with Crippen LogP contribution in [0, 0.1) is 11.8 Å². The van der Waals surface area contributed by atoms with Crippen LogP contribution in [0.15, 0.2) is 0 Å². The normalized spacial score (nSPS) is 28.2. The number of urea groups is 1. The molecule has 0 aromatic carbocycles. The van der Waals surface area contributed by atoms with Crippen LogP contribution in [-0.2, 0) is 4.79 Å². The first-order chi connectivity index (χ1) is 9.49. The quantitative estimate of drug-likeness (QED) is 0.725. The lowest BCUT2D eigenvalue weighted by atomic mass is 9.93. The summed E-state index contributed by atoms with van der Waals surface area (Å²) in [6.45, 7) is 2.96. The van der Waals surface area contributed by atoms with E-state index < -0.39 is 11.5 Å². The first-order valence-corrected chi connectivity index (χ1v) is 7.77. The highest BCUT2D eigenvalue weighted by Crippen LogP contribution is 2.33. The molecule has 2 rings (SSSR count). The summed E-state index contributed by atoms with van der Waals surface area (Å²) in [5.41, 5.74) is -0.529. The third-order valence-corrected chi connectivity index (χ3v) is 4.78. The molecular weight excluding hydrogens is 256 g/mol. The number of rotatable bonds is 5. The van der Waals surface area contributed by atoms with Gasteiger partial charge in [-0.25, -0.2) is 4.79 Å². The Balaban J connectivity index is 1.78. The van der Waals surface area contributed by atoms with Gasteiger partial charge in [0.25, 0.3) is 0 Å². The highest BCUT2D eigenvalue weighted by molar-refractivity contribution is 5.76. The van der Waals surface area contributed by atoms with Gasteiger partial charge in [0.05, 0.1) is 12.0 Å². The molecule has 2 atom stereocenters. The van der Waals surface area contributed by atoms with E-state index in [0.29, 0.717) is 12.5 Å². The third kappa shape index (κ3) is 4.12. The molecule has 0 aromatic heterocycles. The van der Waals surface area contributed by atoms with E-state index in [-0.39, 0.29) is 12.5 Å². The number of carbonyl (C=O) groups is 2. The molecule has 0 saturated heterocycles. The fraction of sp³-hybridized carbons (Fsp3) is 0.867. The molecule has 2 unspecified atom stereocenters. The summed E-state index contributed by atoms with van der Waals surface area (Å²) in [5.74, 6) is 0.504. The maximum atomic E-state index is 12.0. The maximum Gasteiger partial charge on any atom is 0.315 e. The van der Waals surface area contributed by atoms with Crippen molar-refractivity contribution in [2.24, 2.45) is 11.8 Å². The standard InChI is InChI=1S/C15H26N2O3/c1-11-4-5-12(8-11)10-16-14(20)17-15(9-13(18)19)6-2-3-7-15/h11-12H,2-10H2,1H3,(H,18,19)(H2,16,17,20). The van der Waals surface area contributed by atoms with E-state index in [4.69, 9.17) is 5.11 Å². The first kappa shape index (κ1) is 15.1. The second kappa shape index (κ2) is 6.46. The molecule has 114 valence electrons. The molecule has 0 bridgehead atoms. The molecule has 0 aliphatic heterocycles. The van der Waals surface area contributed by atoms with Gasteiger partial charge in [-0.1, -0.05) is 26.2 Å². The number of aliphatic carboxylic acids is 1. The second-order valence-corrected chi connectivity index (χ2v) is 6.68. The van der Waals surface area contributed by atoms with Gasteiger partial charge in [-0.15, -0.1) is 0 Å². The van der Waals surface area contributed by atoms with E-state index in [2.05, 4.69) is 17.6 Å². The topological polar surface area (TPSA) is 78.4 Å². The summed E-state index contributed by atoms with van der Waals surface area (Å²) in [5, 5.41) is 14.9. The highest BCUT2D eigenvalue weighted by atomic mass is 16.4. The van der Waals surface area contributed by atoms with Crippen LogP contribution in [0.1, 0.15) is 58.3 Å². The van der Waals surface area contributed by atoms with Crippen LogP contribution in [0.4, 0.5) is 4.79 Å². The number of carboxylic acids is 1. The molecule has 2 fully saturated rings. The van der Waals surface area contributed by atoms with E-state index in [1.54, 1.807) is 0 Å². The molecule has 2 amide bonds. The van der Waals surface area contributed by atoms with Crippen molar-refractivity contribution in [2.75, 3.05) is 6.54 Å². The summed E-state index contributed by atoms with van der Waals surface area (Å²) in [6.07, 6.45) is 7.17. The fourth-order valence-electron chi connectivity index (χ4n) is 3.72. The molecular formula is C15H26N2O3. The Morgan fingerprint density at radius 3 is 2.50 bits per heavy atom. The van der Waals surface area contributed by atoms with Gasteiger partial charge >= 0.3 is 12.0 Å². The Morgan fingerprint density at radius 2 is 1.95 bits per heavy atom. The van der Waals surface area contributed by atoms with Gasteiger partial charge in [0, 0.05) is 6.54 Å². The summed E-state index contributed by atoms with van der Waals surface area (Å²) in [6, 6.07) is -0.201. The molecule has 2 aliphatic rings. The smallest absolute Gasteiger partial charge is 0.315 e.